The van der Waals surface area contributed by atoms with Gasteiger partial charge in [0.1, 0.15) is 12.4 Å². The van der Waals surface area contributed by atoms with Gasteiger partial charge < -0.3 is 9.47 Å². The lowest BCUT2D eigenvalue weighted by Gasteiger charge is -2.12. The van der Waals surface area contributed by atoms with Crippen LogP contribution < -0.4 is 4.74 Å². The number of methoxy groups -OCH3 is 1. The molecule has 0 saturated heterocycles. The van der Waals surface area contributed by atoms with E-state index in [4.69, 9.17) is 14.5 Å². The third kappa shape index (κ3) is 2.95. The molecule has 126 valence electrons. The smallest absolute Gasteiger partial charge is 0.339 e. The molecule has 0 saturated carbocycles. The second kappa shape index (κ2) is 6.55. The van der Waals surface area contributed by atoms with Crippen molar-refractivity contribution >= 4 is 16.9 Å². The number of hydrogen-bond donors (Lipinski definition) is 0. The standard InChI is InChI=1S/C21H19NO3/c1-24-15-11-9-14(10-12-15)13-25-21(23)20-16-5-2-3-7-18(16)22-19-8-4-6-17(19)20/h2-3,5,7,9-12H,4,6,8,13H2,1H3. The van der Waals surface area contributed by atoms with Crippen LogP contribution in [-0.2, 0) is 24.2 Å². The van der Waals surface area contributed by atoms with Gasteiger partial charge in [-0.15, -0.1) is 0 Å². The number of aryl methyl sites for hydroxylation is 1. The van der Waals surface area contributed by atoms with E-state index in [1.54, 1.807) is 7.11 Å². The summed E-state index contributed by atoms with van der Waals surface area (Å²) in [5, 5.41) is 0.878. The SMILES string of the molecule is COc1ccc(COC(=O)c2c3c(nc4ccccc24)CCC3)cc1. The van der Waals surface area contributed by atoms with Crippen LogP contribution in [-0.4, -0.2) is 18.1 Å². The van der Waals surface area contributed by atoms with Crippen molar-refractivity contribution in [3.8, 4) is 5.75 Å². The maximum Gasteiger partial charge on any atom is 0.339 e. The maximum atomic E-state index is 12.8. The molecule has 1 aliphatic rings. The number of pyridine rings is 1. The molecule has 1 aliphatic carbocycles. The van der Waals surface area contributed by atoms with Crippen molar-refractivity contribution in [2.45, 2.75) is 25.9 Å². The van der Waals surface area contributed by atoms with E-state index in [2.05, 4.69) is 0 Å². The molecule has 3 aromatic rings. The predicted molar refractivity (Wildman–Crippen MR) is 95.9 cm³/mol. The van der Waals surface area contributed by atoms with E-state index < -0.39 is 0 Å². The lowest BCUT2D eigenvalue weighted by atomic mass is 10.0. The van der Waals surface area contributed by atoms with Crippen LogP contribution in [0.5, 0.6) is 5.75 Å². The van der Waals surface area contributed by atoms with Crippen LogP contribution in [0.1, 0.15) is 33.6 Å². The van der Waals surface area contributed by atoms with Crippen LogP contribution in [0, 0.1) is 0 Å². The molecule has 0 radical (unpaired) electrons. The van der Waals surface area contributed by atoms with Crippen LogP contribution in [0.3, 0.4) is 0 Å². The number of hydrogen-bond acceptors (Lipinski definition) is 4. The highest BCUT2D eigenvalue weighted by Crippen LogP contribution is 2.30. The first-order chi connectivity index (χ1) is 12.3. The van der Waals surface area contributed by atoms with Gasteiger partial charge in [-0.2, -0.15) is 0 Å². The molecule has 4 heteroatoms. The molecule has 1 aromatic heterocycles. The molecule has 2 aromatic carbocycles. The maximum absolute atomic E-state index is 12.8. The summed E-state index contributed by atoms with van der Waals surface area (Å²) in [7, 11) is 1.63. The van der Waals surface area contributed by atoms with Gasteiger partial charge in [-0.1, -0.05) is 30.3 Å². The Labute approximate surface area is 146 Å². The Kier molecular flexibility index (Phi) is 4.10. The lowest BCUT2D eigenvalue weighted by molar-refractivity contribution is 0.0474. The fourth-order valence-electron chi connectivity index (χ4n) is 3.39. The fraction of sp³-hybridized carbons (Fsp3) is 0.238. The van der Waals surface area contributed by atoms with Crippen molar-refractivity contribution in [2.75, 3.05) is 7.11 Å². The van der Waals surface area contributed by atoms with Crippen LogP contribution in [0.2, 0.25) is 0 Å². The number of benzene rings is 2. The molecule has 0 spiro atoms. The van der Waals surface area contributed by atoms with Crippen LogP contribution in [0.4, 0.5) is 0 Å². The van der Waals surface area contributed by atoms with Gasteiger partial charge in [0.05, 0.1) is 18.2 Å². The number of esters is 1. The number of nitrogens with zero attached hydrogens (tertiary/aromatic N) is 1. The molecule has 4 rings (SSSR count). The largest absolute Gasteiger partial charge is 0.497 e. The van der Waals surface area contributed by atoms with Crippen LogP contribution in [0.25, 0.3) is 10.9 Å². The number of aromatic nitrogens is 1. The van der Waals surface area contributed by atoms with E-state index in [0.717, 1.165) is 52.7 Å². The molecule has 0 amide bonds. The summed E-state index contributed by atoms with van der Waals surface area (Å²) < 4.78 is 10.8. The molecule has 0 fully saturated rings. The minimum absolute atomic E-state index is 0.244. The van der Waals surface area contributed by atoms with Gasteiger partial charge >= 0.3 is 5.97 Å². The highest BCUT2D eigenvalue weighted by molar-refractivity contribution is 6.05. The van der Waals surface area contributed by atoms with E-state index in [1.807, 2.05) is 48.5 Å². The van der Waals surface area contributed by atoms with Gasteiger partial charge in [-0.05, 0) is 48.6 Å². The second-order valence-electron chi connectivity index (χ2n) is 6.21. The van der Waals surface area contributed by atoms with Gasteiger partial charge in [0.2, 0.25) is 0 Å². The number of rotatable bonds is 4. The molecule has 0 bridgehead atoms. The summed E-state index contributed by atoms with van der Waals surface area (Å²) in [5.74, 6) is 0.514. The molecule has 0 unspecified atom stereocenters. The van der Waals surface area contributed by atoms with E-state index in [0.29, 0.717) is 5.56 Å². The minimum Gasteiger partial charge on any atom is -0.497 e. The Morgan fingerprint density at radius 1 is 1.08 bits per heavy atom. The van der Waals surface area contributed by atoms with Crippen molar-refractivity contribution in [3.05, 3.63) is 70.9 Å². The average molecular weight is 333 g/mol. The first-order valence-corrected chi connectivity index (χ1v) is 8.47. The monoisotopic (exact) mass is 333 g/mol. The summed E-state index contributed by atoms with van der Waals surface area (Å²) in [4.78, 5) is 17.6. The minimum atomic E-state index is -0.271. The van der Waals surface area contributed by atoms with Crippen LogP contribution in [0.15, 0.2) is 48.5 Å². The number of ether oxygens (including phenoxy) is 2. The first-order valence-electron chi connectivity index (χ1n) is 8.47. The van der Waals surface area contributed by atoms with Gasteiger partial charge in [0.25, 0.3) is 0 Å². The Hall–Kier alpha value is -2.88. The Balaban J connectivity index is 1.63. The van der Waals surface area contributed by atoms with E-state index in [1.165, 1.54) is 0 Å². The fourth-order valence-corrected chi connectivity index (χ4v) is 3.39. The lowest BCUT2D eigenvalue weighted by Crippen LogP contribution is -2.10. The summed E-state index contributed by atoms with van der Waals surface area (Å²) in [6.45, 7) is 0.244. The number of para-hydroxylation sites is 1. The van der Waals surface area contributed by atoms with Crippen molar-refractivity contribution in [1.29, 1.82) is 0 Å². The van der Waals surface area contributed by atoms with E-state index in [-0.39, 0.29) is 12.6 Å². The van der Waals surface area contributed by atoms with E-state index in [9.17, 15) is 4.79 Å². The zero-order valence-electron chi connectivity index (χ0n) is 14.1. The summed E-state index contributed by atoms with van der Waals surface area (Å²) >= 11 is 0. The molecule has 0 N–H and O–H groups in total. The summed E-state index contributed by atoms with van der Waals surface area (Å²) in [5.41, 5.74) is 4.57. The second-order valence-corrected chi connectivity index (χ2v) is 6.21. The molecule has 0 atom stereocenters. The van der Waals surface area contributed by atoms with Crippen molar-refractivity contribution in [3.63, 3.8) is 0 Å². The average Bonchev–Trinajstić information content (AvgIpc) is 3.12. The van der Waals surface area contributed by atoms with Crippen molar-refractivity contribution < 1.29 is 14.3 Å². The van der Waals surface area contributed by atoms with Crippen molar-refractivity contribution in [1.82, 2.24) is 4.98 Å². The first kappa shape index (κ1) is 15.6. The third-order valence-electron chi connectivity index (χ3n) is 4.65. The molecular formula is C21H19NO3. The predicted octanol–water partition coefficient (Wildman–Crippen LogP) is 4.09. The molecule has 25 heavy (non-hydrogen) atoms. The normalized spacial score (nSPS) is 12.8. The zero-order chi connectivity index (χ0) is 17.2. The highest BCUT2D eigenvalue weighted by atomic mass is 16.5. The Morgan fingerprint density at radius 3 is 2.68 bits per heavy atom. The number of carbonyl (C=O) groups is 1. The van der Waals surface area contributed by atoms with Gasteiger partial charge in [0.15, 0.2) is 0 Å². The third-order valence-corrected chi connectivity index (χ3v) is 4.65. The molecule has 0 aliphatic heterocycles. The van der Waals surface area contributed by atoms with Crippen molar-refractivity contribution in [2.24, 2.45) is 0 Å². The molecular weight excluding hydrogens is 314 g/mol. The molecule has 4 nitrogen and oxygen atoms in total. The zero-order valence-corrected chi connectivity index (χ0v) is 14.1. The highest BCUT2D eigenvalue weighted by Gasteiger charge is 2.24. The molecule has 1 heterocycles. The van der Waals surface area contributed by atoms with Gasteiger partial charge in [-0.3, -0.25) is 4.98 Å². The van der Waals surface area contributed by atoms with Crippen LogP contribution >= 0.6 is 0 Å². The Bertz CT molecular complexity index is 932. The van der Waals surface area contributed by atoms with E-state index >= 15 is 0 Å². The Morgan fingerprint density at radius 2 is 1.88 bits per heavy atom. The number of fused-ring (bicyclic) bond motifs is 2. The quantitative estimate of drug-likeness (QED) is 0.675. The van der Waals surface area contributed by atoms with Gasteiger partial charge in [0, 0.05) is 11.1 Å². The summed E-state index contributed by atoms with van der Waals surface area (Å²) in [6.07, 6.45) is 2.86. The number of carbonyl (C=O) groups excluding carboxylic acids is 1. The van der Waals surface area contributed by atoms with Gasteiger partial charge in [-0.25, -0.2) is 4.79 Å². The topological polar surface area (TPSA) is 48.4 Å². The summed E-state index contributed by atoms with van der Waals surface area (Å²) in [6, 6.07) is 15.3.